The van der Waals surface area contributed by atoms with Gasteiger partial charge in [0.2, 0.25) is 0 Å². The Morgan fingerprint density at radius 2 is 1.85 bits per heavy atom. The summed E-state index contributed by atoms with van der Waals surface area (Å²) in [6.45, 7) is 7.36. The van der Waals surface area contributed by atoms with E-state index in [0.29, 0.717) is 11.1 Å². The Kier molecular flexibility index (Phi) is 5.27. The van der Waals surface area contributed by atoms with Crippen LogP contribution >= 0.6 is 0 Å². The first-order valence-electron chi connectivity index (χ1n) is 9.02. The number of ketones is 1. The van der Waals surface area contributed by atoms with E-state index in [4.69, 9.17) is 4.74 Å². The highest BCUT2D eigenvalue weighted by molar-refractivity contribution is 5.95. The van der Waals surface area contributed by atoms with E-state index < -0.39 is 0 Å². The van der Waals surface area contributed by atoms with Crippen LogP contribution in [0.5, 0.6) is 5.75 Å². The Labute approximate surface area is 155 Å². The molecule has 0 radical (unpaired) electrons. The number of carbonyl (C=O) groups is 1. The summed E-state index contributed by atoms with van der Waals surface area (Å²) >= 11 is 0. The van der Waals surface area contributed by atoms with Crippen LogP contribution in [0.15, 0.2) is 36.4 Å². The molecule has 0 bridgehead atoms. The van der Waals surface area contributed by atoms with E-state index in [1.54, 1.807) is 19.1 Å². The number of anilines is 1. The summed E-state index contributed by atoms with van der Waals surface area (Å²) in [5.74, 6) is 0.937. The second kappa shape index (κ2) is 7.61. The van der Waals surface area contributed by atoms with Crippen molar-refractivity contribution in [2.45, 2.75) is 39.7 Å². The summed E-state index contributed by atoms with van der Waals surface area (Å²) in [6, 6.07) is 13.7. The van der Waals surface area contributed by atoms with E-state index in [-0.39, 0.29) is 11.9 Å². The molecule has 1 aliphatic heterocycles. The Bertz CT molecular complexity index is 859. The summed E-state index contributed by atoms with van der Waals surface area (Å²) < 4.78 is 6.15. The molecular weight excluding hydrogens is 324 g/mol. The van der Waals surface area contributed by atoms with E-state index in [1.165, 1.54) is 11.1 Å². The first kappa shape index (κ1) is 18.0. The van der Waals surface area contributed by atoms with Crippen molar-refractivity contribution in [1.29, 1.82) is 5.26 Å². The maximum absolute atomic E-state index is 11.7. The van der Waals surface area contributed by atoms with Crippen LogP contribution < -0.4 is 9.64 Å². The highest BCUT2D eigenvalue weighted by atomic mass is 16.5. The van der Waals surface area contributed by atoms with Gasteiger partial charge in [-0.25, -0.2) is 0 Å². The molecule has 0 saturated carbocycles. The summed E-state index contributed by atoms with van der Waals surface area (Å²) in [4.78, 5) is 13.9. The number of nitrogens with zero attached hydrogens (tertiary/aromatic N) is 2. The van der Waals surface area contributed by atoms with Gasteiger partial charge in [0, 0.05) is 31.5 Å². The van der Waals surface area contributed by atoms with Gasteiger partial charge in [0.05, 0.1) is 11.3 Å². The Hall–Kier alpha value is -2.80. The summed E-state index contributed by atoms with van der Waals surface area (Å²) in [5.41, 5.74) is 4.61. The summed E-state index contributed by atoms with van der Waals surface area (Å²) in [6.07, 6.45) is 1.96. The van der Waals surface area contributed by atoms with Crippen molar-refractivity contribution in [2.24, 2.45) is 0 Å². The lowest BCUT2D eigenvalue weighted by Gasteiger charge is -2.34. The molecule has 0 spiro atoms. The van der Waals surface area contributed by atoms with Gasteiger partial charge in [-0.15, -0.1) is 0 Å². The van der Waals surface area contributed by atoms with Crippen molar-refractivity contribution in [1.82, 2.24) is 0 Å². The monoisotopic (exact) mass is 348 g/mol. The lowest BCUT2D eigenvalue weighted by atomic mass is 10.0. The number of hydrogen-bond acceptors (Lipinski definition) is 4. The van der Waals surface area contributed by atoms with E-state index >= 15 is 0 Å². The number of piperidine rings is 1. The van der Waals surface area contributed by atoms with Crippen molar-refractivity contribution in [3.05, 3.63) is 58.7 Å². The second-order valence-electron chi connectivity index (χ2n) is 6.95. The largest absolute Gasteiger partial charge is 0.490 e. The fraction of sp³-hybridized carbons (Fsp3) is 0.364. The van der Waals surface area contributed by atoms with Crippen LogP contribution in [-0.2, 0) is 0 Å². The Morgan fingerprint density at radius 3 is 2.46 bits per heavy atom. The molecule has 2 aromatic rings. The zero-order valence-electron chi connectivity index (χ0n) is 15.6. The van der Waals surface area contributed by atoms with Gasteiger partial charge in [-0.1, -0.05) is 6.07 Å². The van der Waals surface area contributed by atoms with Crippen LogP contribution in [0.2, 0.25) is 0 Å². The summed E-state index contributed by atoms with van der Waals surface area (Å²) in [7, 11) is 0. The van der Waals surface area contributed by atoms with E-state index in [2.05, 4.69) is 36.9 Å². The molecule has 1 fully saturated rings. The van der Waals surface area contributed by atoms with Crippen LogP contribution in [0.25, 0.3) is 0 Å². The average Bonchev–Trinajstić information content (AvgIpc) is 2.65. The van der Waals surface area contributed by atoms with Gasteiger partial charge in [-0.05, 0) is 62.2 Å². The number of hydrogen-bond donors (Lipinski definition) is 0. The number of aryl methyl sites for hydroxylation is 2. The minimum Gasteiger partial charge on any atom is -0.490 e. The number of carbonyl (C=O) groups excluding carboxylic acids is 1. The van der Waals surface area contributed by atoms with Crippen molar-refractivity contribution in [2.75, 3.05) is 18.0 Å². The van der Waals surface area contributed by atoms with Gasteiger partial charge < -0.3 is 9.64 Å². The normalized spacial score (nSPS) is 14.8. The van der Waals surface area contributed by atoms with E-state index in [9.17, 15) is 10.1 Å². The maximum atomic E-state index is 11.7. The quantitative estimate of drug-likeness (QED) is 0.767. The Balaban J connectivity index is 1.68. The fourth-order valence-electron chi connectivity index (χ4n) is 3.30. The maximum Gasteiger partial charge on any atom is 0.159 e. The van der Waals surface area contributed by atoms with E-state index in [0.717, 1.165) is 37.4 Å². The predicted molar refractivity (Wildman–Crippen MR) is 103 cm³/mol. The number of nitriles is 1. The standard InChI is InChI=1S/C22H24N2O2/c1-15-4-7-21(12-16(15)2)26-20-8-10-24(11-9-20)22-13-18(17(3)25)5-6-19(22)14-23/h4-7,12-13,20H,8-11H2,1-3H3. The number of rotatable bonds is 4. The highest BCUT2D eigenvalue weighted by Gasteiger charge is 2.23. The molecule has 0 atom stereocenters. The average molecular weight is 348 g/mol. The molecule has 4 nitrogen and oxygen atoms in total. The zero-order valence-corrected chi connectivity index (χ0v) is 15.6. The molecule has 1 heterocycles. The van der Waals surface area contributed by atoms with Crippen LogP contribution in [0.1, 0.15) is 46.8 Å². The molecule has 0 amide bonds. The molecular formula is C22H24N2O2. The lowest BCUT2D eigenvalue weighted by molar-refractivity contribution is 0.101. The smallest absolute Gasteiger partial charge is 0.159 e. The third-order valence-corrected chi connectivity index (χ3v) is 5.09. The Morgan fingerprint density at radius 1 is 1.12 bits per heavy atom. The molecule has 0 aliphatic carbocycles. The van der Waals surface area contributed by atoms with Gasteiger partial charge in [0.15, 0.2) is 5.78 Å². The highest BCUT2D eigenvalue weighted by Crippen LogP contribution is 2.27. The van der Waals surface area contributed by atoms with Gasteiger partial charge in [-0.2, -0.15) is 5.26 Å². The van der Waals surface area contributed by atoms with Gasteiger partial charge in [0.1, 0.15) is 17.9 Å². The zero-order chi connectivity index (χ0) is 18.7. The van der Waals surface area contributed by atoms with Gasteiger partial charge in [0.25, 0.3) is 0 Å². The molecule has 26 heavy (non-hydrogen) atoms. The second-order valence-corrected chi connectivity index (χ2v) is 6.95. The van der Waals surface area contributed by atoms with Crippen molar-refractivity contribution < 1.29 is 9.53 Å². The van der Waals surface area contributed by atoms with Crippen LogP contribution in [0.3, 0.4) is 0 Å². The first-order chi connectivity index (χ1) is 12.5. The molecule has 3 rings (SSSR count). The molecule has 1 aliphatic rings. The number of benzene rings is 2. The van der Waals surface area contributed by atoms with Crippen molar-refractivity contribution >= 4 is 11.5 Å². The number of Topliss-reactive ketones (excluding diaryl/α,β-unsaturated/α-hetero) is 1. The molecule has 134 valence electrons. The van der Waals surface area contributed by atoms with Gasteiger partial charge >= 0.3 is 0 Å². The molecule has 0 unspecified atom stereocenters. The minimum absolute atomic E-state index is 0.0173. The predicted octanol–water partition coefficient (Wildman–Crippen LogP) is 4.43. The van der Waals surface area contributed by atoms with Gasteiger partial charge in [-0.3, -0.25) is 4.79 Å². The molecule has 0 N–H and O–H groups in total. The van der Waals surface area contributed by atoms with Crippen LogP contribution in [0.4, 0.5) is 5.69 Å². The van der Waals surface area contributed by atoms with Crippen molar-refractivity contribution in [3.63, 3.8) is 0 Å². The molecule has 4 heteroatoms. The number of ether oxygens (including phenoxy) is 1. The fourth-order valence-corrected chi connectivity index (χ4v) is 3.30. The first-order valence-corrected chi connectivity index (χ1v) is 9.02. The summed E-state index contributed by atoms with van der Waals surface area (Å²) in [5, 5.41) is 9.39. The third kappa shape index (κ3) is 3.88. The minimum atomic E-state index is 0.0173. The van der Waals surface area contributed by atoms with Crippen molar-refractivity contribution in [3.8, 4) is 11.8 Å². The SMILES string of the molecule is CC(=O)c1ccc(C#N)c(N2CCC(Oc3ccc(C)c(C)c3)CC2)c1. The topological polar surface area (TPSA) is 53.3 Å². The molecule has 1 saturated heterocycles. The third-order valence-electron chi connectivity index (χ3n) is 5.09. The lowest BCUT2D eigenvalue weighted by Crippen LogP contribution is -2.38. The van der Waals surface area contributed by atoms with Crippen LogP contribution in [0, 0.1) is 25.2 Å². The van der Waals surface area contributed by atoms with E-state index in [1.807, 2.05) is 12.1 Å². The molecule has 0 aromatic heterocycles. The molecule has 2 aromatic carbocycles. The van der Waals surface area contributed by atoms with Crippen LogP contribution in [-0.4, -0.2) is 25.0 Å².